The van der Waals surface area contributed by atoms with Crippen molar-refractivity contribution in [3.8, 4) is 0 Å². The molecule has 0 saturated heterocycles. The van der Waals surface area contributed by atoms with Gasteiger partial charge in [-0.1, -0.05) is 90.9 Å². The molecule has 0 aliphatic rings. The predicted octanol–water partition coefficient (Wildman–Crippen LogP) is 5.86. The Morgan fingerprint density at radius 2 is 0.952 bits per heavy atom. The van der Waals surface area contributed by atoms with Crippen molar-refractivity contribution in [2.24, 2.45) is 0 Å². The summed E-state index contributed by atoms with van der Waals surface area (Å²) in [7, 11) is 0. The first-order valence-corrected chi connectivity index (χ1v) is 9.47. The Labute approximate surface area is 133 Å². The van der Waals surface area contributed by atoms with E-state index in [1.54, 1.807) is 0 Å². The van der Waals surface area contributed by atoms with Gasteiger partial charge in [-0.05, 0) is 12.8 Å². The van der Waals surface area contributed by atoms with Gasteiger partial charge in [-0.2, -0.15) is 0 Å². The first kappa shape index (κ1) is 20.5. The number of unbranched alkanes of at least 4 members (excludes halogenated alkanes) is 12. The first-order valence-electron chi connectivity index (χ1n) is 9.47. The van der Waals surface area contributed by atoms with Crippen LogP contribution in [0.3, 0.4) is 0 Å². The van der Waals surface area contributed by atoms with Crippen LogP contribution in [0.15, 0.2) is 0 Å². The summed E-state index contributed by atoms with van der Waals surface area (Å²) in [5.74, 6) is 0. The Hall–Kier alpha value is -0.530. The maximum atomic E-state index is 10.7. The van der Waals surface area contributed by atoms with Gasteiger partial charge in [0.1, 0.15) is 0 Å². The van der Waals surface area contributed by atoms with E-state index in [2.05, 4.69) is 20.3 Å². The summed E-state index contributed by atoms with van der Waals surface area (Å²) in [5.41, 5.74) is 0. The third kappa shape index (κ3) is 15.7. The van der Waals surface area contributed by atoms with E-state index in [1.165, 1.54) is 70.6 Å². The van der Waals surface area contributed by atoms with Gasteiger partial charge < -0.3 is 4.90 Å². The molecule has 1 amide bonds. The molecule has 0 aliphatic carbocycles. The molecule has 0 aliphatic heterocycles. The van der Waals surface area contributed by atoms with Crippen molar-refractivity contribution >= 4 is 6.41 Å². The quantitative estimate of drug-likeness (QED) is 0.243. The van der Waals surface area contributed by atoms with Crippen molar-refractivity contribution < 1.29 is 4.79 Å². The van der Waals surface area contributed by atoms with E-state index in [0.29, 0.717) is 0 Å². The maximum Gasteiger partial charge on any atom is 0.312 e. The Balaban J connectivity index is 3.16. The highest BCUT2D eigenvalue weighted by atomic mass is 16.1. The second kappa shape index (κ2) is 17.5. The fraction of sp³-hybridized carbons (Fsp3) is 0.947. The van der Waals surface area contributed by atoms with E-state index in [4.69, 9.17) is 0 Å². The maximum absolute atomic E-state index is 10.7. The van der Waals surface area contributed by atoms with E-state index in [-0.39, 0.29) is 0 Å². The van der Waals surface area contributed by atoms with Gasteiger partial charge in [0.25, 0.3) is 0 Å². The molecule has 0 aromatic rings. The van der Waals surface area contributed by atoms with Crippen LogP contribution in [-0.4, -0.2) is 24.4 Å². The van der Waals surface area contributed by atoms with Crippen LogP contribution in [0.2, 0.25) is 0 Å². The predicted molar refractivity (Wildman–Crippen MR) is 93.3 cm³/mol. The van der Waals surface area contributed by atoms with Gasteiger partial charge in [-0.3, -0.25) is 4.79 Å². The SMILES string of the molecule is CCCCCCCCCCCCCCN([C]=O)CCCC. The van der Waals surface area contributed by atoms with Gasteiger partial charge in [0.15, 0.2) is 0 Å². The highest BCUT2D eigenvalue weighted by Gasteiger charge is 2.01. The van der Waals surface area contributed by atoms with Gasteiger partial charge in [0, 0.05) is 13.1 Å². The molecule has 2 heteroatoms. The van der Waals surface area contributed by atoms with E-state index in [9.17, 15) is 4.79 Å². The summed E-state index contributed by atoms with van der Waals surface area (Å²) in [6.07, 6.45) is 20.7. The highest BCUT2D eigenvalue weighted by molar-refractivity contribution is 5.47. The average Bonchev–Trinajstić information content (AvgIpc) is 2.51. The monoisotopic (exact) mass is 296 g/mol. The molecular formula is C19H38NO. The molecular weight excluding hydrogens is 258 g/mol. The Kier molecular flexibility index (Phi) is 17.1. The van der Waals surface area contributed by atoms with Crippen molar-refractivity contribution in [2.45, 2.75) is 104 Å². The van der Waals surface area contributed by atoms with Gasteiger partial charge in [-0.25, -0.2) is 0 Å². The number of carbonyl (C=O) groups excluding carboxylic acids is 1. The van der Waals surface area contributed by atoms with Crippen LogP contribution in [0.4, 0.5) is 0 Å². The molecule has 0 rings (SSSR count). The second-order valence-electron chi connectivity index (χ2n) is 6.32. The van der Waals surface area contributed by atoms with Crippen LogP contribution in [0, 0.1) is 0 Å². The summed E-state index contributed by atoms with van der Waals surface area (Å²) in [5, 5.41) is 0. The van der Waals surface area contributed by atoms with Crippen LogP contribution >= 0.6 is 0 Å². The Bertz CT molecular complexity index is 206. The first-order chi connectivity index (χ1) is 10.3. The Morgan fingerprint density at radius 1 is 0.571 bits per heavy atom. The van der Waals surface area contributed by atoms with E-state index < -0.39 is 0 Å². The molecule has 21 heavy (non-hydrogen) atoms. The summed E-state index contributed by atoms with van der Waals surface area (Å²) in [6.45, 7) is 6.22. The summed E-state index contributed by atoms with van der Waals surface area (Å²) >= 11 is 0. The lowest BCUT2D eigenvalue weighted by atomic mass is 10.1. The molecule has 125 valence electrons. The van der Waals surface area contributed by atoms with Crippen LogP contribution < -0.4 is 0 Å². The fourth-order valence-electron chi connectivity index (χ4n) is 2.70. The summed E-state index contributed by atoms with van der Waals surface area (Å²) < 4.78 is 0. The second-order valence-corrected chi connectivity index (χ2v) is 6.32. The molecule has 0 N–H and O–H groups in total. The minimum absolute atomic E-state index is 0.887. The normalized spacial score (nSPS) is 10.8. The highest BCUT2D eigenvalue weighted by Crippen LogP contribution is 2.12. The Morgan fingerprint density at radius 3 is 1.38 bits per heavy atom. The van der Waals surface area contributed by atoms with Crippen LogP contribution in [-0.2, 0) is 4.79 Å². The minimum Gasteiger partial charge on any atom is -0.334 e. The molecule has 0 unspecified atom stereocenters. The largest absolute Gasteiger partial charge is 0.334 e. The van der Waals surface area contributed by atoms with Crippen molar-refractivity contribution in [3.63, 3.8) is 0 Å². The average molecular weight is 297 g/mol. The number of hydrogen-bond acceptors (Lipinski definition) is 1. The lowest BCUT2D eigenvalue weighted by molar-refractivity contribution is 0.361. The van der Waals surface area contributed by atoms with Gasteiger partial charge in [0.05, 0.1) is 0 Å². The molecule has 0 aromatic carbocycles. The smallest absolute Gasteiger partial charge is 0.312 e. The van der Waals surface area contributed by atoms with Gasteiger partial charge in [-0.15, -0.1) is 0 Å². The zero-order valence-corrected chi connectivity index (χ0v) is 14.7. The molecule has 0 fully saturated rings. The number of nitrogens with zero attached hydrogens (tertiary/aromatic N) is 1. The van der Waals surface area contributed by atoms with Crippen molar-refractivity contribution in [2.75, 3.05) is 13.1 Å². The number of hydrogen-bond donors (Lipinski definition) is 0. The standard InChI is InChI=1S/C19H38NO/c1-3-5-7-8-9-10-11-12-13-14-15-16-18-20(19-21)17-6-4-2/h3-18H2,1-2H3. The summed E-state index contributed by atoms with van der Waals surface area (Å²) in [6, 6.07) is 0. The van der Waals surface area contributed by atoms with Crippen LogP contribution in [0.1, 0.15) is 104 Å². The van der Waals surface area contributed by atoms with Crippen LogP contribution in [0.25, 0.3) is 0 Å². The molecule has 2 nitrogen and oxygen atoms in total. The van der Waals surface area contributed by atoms with Crippen LogP contribution in [0.5, 0.6) is 0 Å². The fourth-order valence-corrected chi connectivity index (χ4v) is 2.70. The molecule has 0 aromatic heterocycles. The zero-order chi connectivity index (χ0) is 15.6. The number of rotatable bonds is 17. The van der Waals surface area contributed by atoms with Gasteiger partial charge in [0.2, 0.25) is 0 Å². The molecule has 0 atom stereocenters. The van der Waals surface area contributed by atoms with Gasteiger partial charge >= 0.3 is 6.41 Å². The number of amides is 1. The molecule has 1 radical (unpaired) electrons. The molecule has 0 spiro atoms. The third-order valence-corrected chi connectivity index (χ3v) is 4.19. The van der Waals surface area contributed by atoms with Crippen molar-refractivity contribution in [1.82, 2.24) is 4.90 Å². The van der Waals surface area contributed by atoms with E-state index in [1.807, 2.05) is 4.90 Å². The van der Waals surface area contributed by atoms with E-state index in [0.717, 1.165) is 32.4 Å². The summed E-state index contributed by atoms with van der Waals surface area (Å²) in [4.78, 5) is 12.6. The zero-order valence-electron chi connectivity index (χ0n) is 14.7. The van der Waals surface area contributed by atoms with Crippen molar-refractivity contribution in [1.29, 1.82) is 0 Å². The van der Waals surface area contributed by atoms with Crippen molar-refractivity contribution in [3.05, 3.63) is 0 Å². The lowest BCUT2D eigenvalue weighted by Crippen LogP contribution is -2.24. The molecule has 0 saturated carbocycles. The molecule has 0 bridgehead atoms. The van der Waals surface area contributed by atoms with E-state index >= 15 is 0 Å². The molecule has 0 heterocycles. The third-order valence-electron chi connectivity index (χ3n) is 4.19. The minimum atomic E-state index is 0.887. The topological polar surface area (TPSA) is 20.3 Å². The lowest BCUT2D eigenvalue weighted by Gasteiger charge is -2.15.